The van der Waals surface area contributed by atoms with E-state index in [4.69, 9.17) is 4.74 Å². The molecule has 0 aliphatic carbocycles. The smallest absolute Gasteiger partial charge is 0.224 e. The molecule has 2 rings (SSSR count). The van der Waals surface area contributed by atoms with Crippen LogP contribution in [0.5, 0.6) is 0 Å². The fraction of sp³-hybridized carbons (Fsp3) is 0.467. The topological polar surface area (TPSA) is 34.0 Å². The van der Waals surface area contributed by atoms with Gasteiger partial charge in [0.2, 0.25) is 4.99 Å². The first-order chi connectivity index (χ1) is 9.49. The lowest BCUT2D eigenvalue weighted by atomic mass is 10.4. The number of nitrogens with zero attached hydrogens (tertiary/aromatic N) is 2. The Balaban J connectivity index is 1.90. The van der Waals surface area contributed by atoms with E-state index in [2.05, 4.69) is 41.8 Å². The first kappa shape index (κ1) is 15.5. The zero-order valence-corrected chi connectivity index (χ0v) is 14.2. The Bertz CT molecular complexity index is 470. The van der Waals surface area contributed by atoms with Crippen LogP contribution in [0.25, 0.3) is 0 Å². The van der Waals surface area contributed by atoms with Crippen molar-refractivity contribution in [2.24, 2.45) is 9.98 Å². The summed E-state index contributed by atoms with van der Waals surface area (Å²) in [4.78, 5) is 9.63. The minimum absolute atomic E-state index is 0.527. The number of thioether (sulfide) groups is 1. The second kappa shape index (κ2) is 6.69. The molecular weight excluding hydrogens is 284 g/mol. The van der Waals surface area contributed by atoms with E-state index in [-0.39, 0.29) is 0 Å². The molecule has 0 aromatic heterocycles. The van der Waals surface area contributed by atoms with Crippen LogP contribution >= 0.6 is 11.8 Å². The number of aliphatic imine (C=N–C) groups is 2. The number of hydrogen-bond donors (Lipinski definition) is 0. The lowest BCUT2D eigenvalue weighted by molar-refractivity contribution is 0.127. The van der Waals surface area contributed by atoms with Gasteiger partial charge in [-0.3, -0.25) is 0 Å². The van der Waals surface area contributed by atoms with Crippen LogP contribution in [-0.2, 0) is 4.74 Å². The predicted molar refractivity (Wildman–Crippen MR) is 91.0 cm³/mol. The summed E-state index contributed by atoms with van der Waals surface area (Å²) in [6, 6.07) is 11.4. The van der Waals surface area contributed by atoms with Gasteiger partial charge in [-0.25, -0.2) is 9.98 Å². The van der Waals surface area contributed by atoms with Gasteiger partial charge in [0.05, 0.1) is 0 Å². The molecule has 1 aliphatic heterocycles. The molecule has 0 unspecified atom stereocenters. The predicted octanol–water partition coefficient (Wildman–Crippen LogP) is 3.94. The third-order valence-corrected chi connectivity index (χ3v) is 5.80. The molecule has 0 fully saturated rings. The number of hydrogen-bond acceptors (Lipinski definition) is 4. The van der Waals surface area contributed by atoms with E-state index < -0.39 is 13.1 Å². The second-order valence-corrected chi connectivity index (χ2v) is 13.0. The minimum atomic E-state index is -1.04. The van der Waals surface area contributed by atoms with E-state index in [9.17, 15) is 0 Å². The first-order valence-electron chi connectivity index (χ1n) is 6.90. The fourth-order valence-electron chi connectivity index (χ4n) is 1.75. The maximum absolute atomic E-state index is 5.86. The molecule has 0 N–H and O–H groups in total. The molecule has 1 aromatic carbocycles. The molecule has 1 aliphatic rings. The molecule has 0 saturated heterocycles. The van der Waals surface area contributed by atoms with Crippen LogP contribution in [0, 0.1) is 0 Å². The van der Waals surface area contributed by atoms with Crippen molar-refractivity contribution in [2.45, 2.75) is 35.6 Å². The van der Waals surface area contributed by atoms with Crippen LogP contribution in [0.3, 0.4) is 0 Å². The summed E-state index contributed by atoms with van der Waals surface area (Å²) < 4.78 is 5.86. The molecule has 108 valence electrons. The van der Waals surface area contributed by atoms with Crippen molar-refractivity contribution in [1.29, 1.82) is 0 Å². The molecule has 0 amide bonds. The van der Waals surface area contributed by atoms with Crippen LogP contribution in [0.4, 0.5) is 0 Å². The fourth-order valence-corrected chi connectivity index (χ4v) is 3.55. The molecule has 0 spiro atoms. The SMILES string of the molecule is C[Si](C)(C)CCOCC1(Sc2ccccc2)N=CC=N1. The maximum atomic E-state index is 5.86. The van der Waals surface area contributed by atoms with Crippen LogP contribution in [-0.4, -0.2) is 38.7 Å². The third-order valence-electron chi connectivity index (χ3n) is 2.93. The Morgan fingerprint density at radius 1 is 1.10 bits per heavy atom. The highest BCUT2D eigenvalue weighted by Crippen LogP contribution is 2.36. The van der Waals surface area contributed by atoms with E-state index in [1.54, 1.807) is 24.2 Å². The van der Waals surface area contributed by atoms with E-state index in [0.717, 1.165) is 11.5 Å². The molecule has 5 heteroatoms. The van der Waals surface area contributed by atoms with Crippen molar-refractivity contribution in [3.8, 4) is 0 Å². The summed E-state index contributed by atoms with van der Waals surface area (Å²) in [5, 5.41) is 0. The van der Waals surface area contributed by atoms with Crippen LogP contribution in [0.15, 0.2) is 45.2 Å². The number of benzene rings is 1. The van der Waals surface area contributed by atoms with Crippen molar-refractivity contribution in [3.05, 3.63) is 30.3 Å². The molecule has 0 saturated carbocycles. The van der Waals surface area contributed by atoms with Crippen molar-refractivity contribution >= 4 is 32.3 Å². The van der Waals surface area contributed by atoms with Gasteiger partial charge in [0.25, 0.3) is 0 Å². The first-order valence-corrected chi connectivity index (χ1v) is 11.4. The van der Waals surface area contributed by atoms with Gasteiger partial charge in [0.1, 0.15) is 6.61 Å². The Labute approximate surface area is 126 Å². The summed E-state index contributed by atoms with van der Waals surface area (Å²) in [5.41, 5.74) is 0. The molecule has 0 atom stereocenters. The molecule has 0 bridgehead atoms. The van der Waals surface area contributed by atoms with E-state index >= 15 is 0 Å². The summed E-state index contributed by atoms with van der Waals surface area (Å²) in [6.45, 7) is 8.41. The van der Waals surface area contributed by atoms with Gasteiger partial charge in [0, 0.05) is 32.0 Å². The van der Waals surface area contributed by atoms with Crippen molar-refractivity contribution < 1.29 is 4.74 Å². The Morgan fingerprint density at radius 3 is 2.35 bits per heavy atom. The van der Waals surface area contributed by atoms with Gasteiger partial charge in [-0.1, -0.05) is 49.6 Å². The van der Waals surface area contributed by atoms with Crippen LogP contribution in [0.1, 0.15) is 0 Å². The van der Waals surface area contributed by atoms with Gasteiger partial charge >= 0.3 is 0 Å². The van der Waals surface area contributed by atoms with Crippen molar-refractivity contribution in [1.82, 2.24) is 0 Å². The summed E-state index contributed by atoms with van der Waals surface area (Å²) in [5.74, 6) is 0. The second-order valence-electron chi connectivity index (χ2n) is 6.08. The standard InChI is InChI=1S/C15H22N2OSSi/c1-20(2,3)12-11-18-13-15(16-9-10-17-15)19-14-7-5-4-6-8-14/h4-10H,11-13H2,1-3H3. The largest absolute Gasteiger partial charge is 0.376 e. The van der Waals surface area contributed by atoms with Crippen LogP contribution in [0.2, 0.25) is 25.7 Å². The monoisotopic (exact) mass is 306 g/mol. The lowest BCUT2D eigenvalue weighted by Crippen LogP contribution is -2.27. The van der Waals surface area contributed by atoms with Gasteiger partial charge in [0.15, 0.2) is 0 Å². The van der Waals surface area contributed by atoms with E-state index in [1.807, 2.05) is 18.2 Å². The summed E-state index contributed by atoms with van der Waals surface area (Å²) in [7, 11) is -1.04. The zero-order valence-electron chi connectivity index (χ0n) is 12.4. The van der Waals surface area contributed by atoms with E-state index in [0.29, 0.717) is 6.61 Å². The molecule has 1 aromatic rings. The average Bonchev–Trinajstić information content (AvgIpc) is 2.84. The average molecular weight is 307 g/mol. The Morgan fingerprint density at radius 2 is 1.75 bits per heavy atom. The zero-order chi connectivity index (χ0) is 14.5. The molecule has 3 nitrogen and oxygen atoms in total. The van der Waals surface area contributed by atoms with Gasteiger partial charge in [-0.05, 0) is 18.2 Å². The number of rotatable bonds is 7. The van der Waals surface area contributed by atoms with Gasteiger partial charge in [-0.15, -0.1) is 0 Å². The maximum Gasteiger partial charge on any atom is 0.224 e. The third kappa shape index (κ3) is 4.88. The lowest BCUT2D eigenvalue weighted by Gasteiger charge is -2.23. The molecule has 0 radical (unpaired) electrons. The summed E-state index contributed by atoms with van der Waals surface area (Å²) in [6.07, 6.45) is 3.52. The Hall–Kier alpha value is -0.913. The summed E-state index contributed by atoms with van der Waals surface area (Å²) >= 11 is 1.65. The normalized spacial score (nSPS) is 16.8. The highest BCUT2D eigenvalue weighted by molar-refractivity contribution is 8.00. The van der Waals surface area contributed by atoms with E-state index in [1.165, 1.54) is 6.04 Å². The number of ether oxygens (including phenoxy) is 1. The molecule has 1 heterocycles. The highest BCUT2D eigenvalue weighted by Gasteiger charge is 2.31. The van der Waals surface area contributed by atoms with Crippen molar-refractivity contribution in [3.63, 3.8) is 0 Å². The Kier molecular flexibility index (Phi) is 5.18. The molecule has 20 heavy (non-hydrogen) atoms. The quantitative estimate of drug-likeness (QED) is 0.565. The minimum Gasteiger partial charge on any atom is -0.376 e. The van der Waals surface area contributed by atoms with Gasteiger partial charge in [-0.2, -0.15) is 0 Å². The molecular formula is C15H22N2OSSi. The van der Waals surface area contributed by atoms with Crippen LogP contribution < -0.4 is 0 Å². The van der Waals surface area contributed by atoms with Gasteiger partial charge < -0.3 is 4.74 Å². The van der Waals surface area contributed by atoms with Crippen molar-refractivity contribution in [2.75, 3.05) is 13.2 Å². The highest BCUT2D eigenvalue weighted by atomic mass is 32.2.